The van der Waals surface area contributed by atoms with Crippen molar-refractivity contribution in [1.82, 2.24) is 4.98 Å². The van der Waals surface area contributed by atoms with E-state index in [-0.39, 0.29) is 0 Å². The number of benzene rings is 1. The number of carboxylic acids is 1. The molecular weight excluding hydrogens is 260 g/mol. The summed E-state index contributed by atoms with van der Waals surface area (Å²) in [5.74, 6) is -0.967. The normalized spacial score (nSPS) is 12.1. The van der Waals surface area contributed by atoms with Crippen molar-refractivity contribution in [2.45, 2.75) is 6.04 Å². The number of nitrogens with one attached hydrogen (secondary N) is 1. The van der Waals surface area contributed by atoms with E-state index in [9.17, 15) is 4.79 Å². The molecule has 1 heterocycles. The number of hydrogen-bond donors (Lipinski definition) is 2. The van der Waals surface area contributed by atoms with Gasteiger partial charge in [-0.15, -0.1) is 11.3 Å². The second-order valence-corrected chi connectivity index (χ2v) is 4.49. The molecule has 0 radical (unpaired) electrons. The van der Waals surface area contributed by atoms with E-state index < -0.39 is 12.0 Å². The van der Waals surface area contributed by atoms with Crippen LogP contribution >= 0.6 is 22.9 Å². The number of aliphatic carboxylic acids is 1. The molecule has 88 valence electrons. The Balaban J connectivity index is 2.19. The van der Waals surface area contributed by atoms with Crippen LogP contribution in [0, 0.1) is 0 Å². The molecule has 1 unspecified atom stereocenters. The third-order valence-electron chi connectivity index (χ3n) is 2.15. The molecule has 2 N–H and O–H groups in total. The monoisotopic (exact) mass is 268 g/mol. The molecule has 0 spiro atoms. The minimum absolute atomic E-state index is 0.498. The first-order valence-electron chi connectivity index (χ1n) is 4.80. The van der Waals surface area contributed by atoms with Crippen LogP contribution in [0.15, 0.2) is 35.2 Å². The maximum Gasteiger partial charge on any atom is 0.332 e. The number of hydrogen-bond acceptors (Lipinski definition) is 4. The summed E-state index contributed by atoms with van der Waals surface area (Å²) >= 11 is 7.12. The van der Waals surface area contributed by atoms with Crippen molar-refractivity contribution in [3.63, 3.8) is 0 Å². The van der Waals surface area contributed by atoms with E-state index in [0.717, 1.165) is 0 Å². The van der Waals surface area contributed by atoms with Gasteiger partial charge in [-0.2, -0.15) is 0 Å². The lowest BCUT2D eigenvalue weighted by Gasteiger charge is -2.13. The summed E-state index contributed by atoms with van der Waals surface area (Å²) < 4.78 is 0. The number of anilines is 1. The molecule has 6 heteroatoms. The first kappa shape index (κ1) is 11.9. The second-order valence-electron chi connectivity index (χ2n) is 3.34. The number of thiazole rings is 1. The van der Waals surface area contributed by atoms with Gasteiger partial charge in [-0.25, -0.2) is 9.78 Å². The number of rotatable bonds is 4. The van der Waals surface area contributed by atoms with Gasteiger partial charge in [0.25, 0.3) is 0 Å². The Labute approximate surface area is 107 Å². The second kappa shape index (κ2) is 5.16. The van der Waals surface area contributed by atoms with E-state index in [1.54, 1.807) is 35.2 Å². The molecule has 1 aromatic carbocycles. The van der Waals surface area contributed by atoms with Crippen molar-refractivity contribution in [1.29, 1.82) is 0 Å². The molecule has 2 aromatic rings. The van der Waals surface area contributed by atoms with Crippen LogP contribution < -0.4 is 5.32 Å². The molecule has 0 bridgehead atoms. The Morgan fingerprint density at radius 3 is 2.65 bits per heavy atom. The summed E-state index contributed by atoms with van der Waals surface area (Å²) in [5.41, 5.74) is 2.79. The van der Waals surface area contributed by atoms with Gasteiger partial charge in [-0.05, 0) is 24.3 Å². The standard InChI is InChI=1S/C11H9ClN2O2S/c12-7-1-3-8(4-2-7)14-10(11(15)16)9-5-17-6-13-9/h1-6,10,14H,(H,15,16). The van der Waals surface area contributed by atoms with Crippen molar-refractivity contribution >= 4 is 34.6 Å². The zero-order valence-electron chi connectivity index (χ0n) is 8.63. The Hall–Kier alpha value is -1.59. The van der Waals surface area contributed by atoms with E-state index in [0.29, 0.717) is 16.4 Å². The van der Waals surface area contributed by atoms with Crippen molar-refractivity contribution < 1.29 is 9.90 Å². The lowest BCUT2D eigenvalue weighted by molar-refractivity contribution is -0.138. The highest BCUT2D eigenvalue weighted by atomic mass is 35.5. The van der Waals surface area contributed by atoms with Gasteiger partial charge in [0.05, 0.1) is 11.2 Å². The number of nitrogens with zero attached hydrogens (tertiary/aromatic N) is 1. The van der Waals surface area contributed by atoms with Gasteiger partial charge in [0.15, 0.2) is 6.04 Å². The van der Waals surface area contributed by atoms with Crippen LogP contribution in [0.2, 0.25) is 5.02 Å². The van der Waals surface area contributed by atoms with Crippen LogP contribution in [0.1, 0.15) is 11.7 Å². The molecule has 2 rings (SSSR count). The molecule has 0 saturated carbocycles. The fourth-order valence-corrected chi connectivity index (χ4v) is 2.05. The van der Waals surface area contributed by atoms with E-state index >= 15 is 0 Å². The minimum atomic E-state index is -0.967. The topological polar surface area (TPSA) is 62.2 Å². The van der Waals surface area contributed by atoms with Crippen molar-refractivity contribution in [2.75, 3.05) is 5.32 Å². The van der Waals surface area contributed by atoms with Crippen molar-refractivity contribution in [2.24, 2.45) is 0 Å². The first-order chi connectivity index (χ1) is 8.16. The van der Waals surface area contributed by atoms with E-state index in [1.807, 2.05) is 0 Å². The van der Waals surface area contributed by atoms with E-state index in [1.165, 1.54) is 11.3 Å². The summed E-state index contributed by atoms with van der Waals surface area (Å²) in [7, 11) is 0. The van der Waals surface area contributed by atoms with Crippen LogP contribution in [0.3, 0.4) is 0 Å². The van der Waals surface area contributed by atoms with Gasteiger partial charge >= 0.3 is 5.97 Å². The maximum absolute atomic E-state index is 11.1. The van der Waals surface area contributed by atoms with Gasteiger partial charge in [-0.1, -0.05) is 11.6 Å². The fourth-order valence-electron chi connectivity index (χ4n) is 1.34. The summed E-state index contributed by atoms with van der Waals surface area (Å²) in [6.07, 6.45) is 0. The lowest BCUT2D eigenvalue weighted by Crippen LogP contribution is -2.20. The average Bonchev–Trinajstić information content (AvgIpc) is 2.81. The van der Waals surface area contributed by atoms with Gasteiger partial charge in [-0.3, -0.25) is 0 Å². The van der Waals surface area contributed by atoms with Crippen LogP contribution in [0.25, 0.3) is 0 Å². The van der Waals surface area contributed by atoms with E-state index in [2.05, 4.69) is 10.3 Å². The third-order valence-corrected chi connectivity index (χ3v) is 3.01. The molecule has 0 fully saturated rings. The van der Waals surface area contributed by atoms with Crippen LogP contribution in [0.5, 0.6) is 0 Å². The number of carbonyl (C=O) groups is 1. The number of carboxylic acid groups (broad SMARTS) is 1. The molecule has 0 aliphatic carbocycles. The quantitative estimate of drug-likeness (QED) is 0.895. The molecule has 17 heavy (non-hydrogen) atoms. The summed E-state index contributed by atoms with van der Waals surface area (Å²) in [6.45, 7) is 0. The Morgan fingerprint density at radius 1 is 1.41 bits per heavy atom. The van der Waals surface area contributed by atoms with Crippen molar-refractivity contribution in [3.05, 3.63) is 45.9 Å². The first-order valence-corrected chi connectivity index (χ1v) is 6.12. The summed E-state index contributed by atoms with van der Waals surface area (Å²) in [4.78, 5) is 15.1. The van der Waals surface area contributed by atoms with Crippen LogP contribution in [0.4, 0.5) is 5.69 Å². The fraction of sp³-hybridized carbons (Fsp3) is 0.0909. The van der Waals surface area contributed by atoms with Gasteiger partial charge in [0.1, 0.15) is 0 Å². The lowest BCUT2D eigenvalue weighted by atomic mass is 10.2. The SMILES string of the molecule is O=C(O)C(Nc1ccc(Cl)cc1)c1cscn1. The largest absolute Gasteiger partial charge is 0.479 e. The Morgan fingerprint density at radius 2 is 2.12 bits per heavy atom. The van der Waals surface area contributed by atoms with Gasteiger partial charge in [0.2, 0.25) is 0 Å². The predicted octanol–water partition coefficient (Wildman–Crippen LogP) is 3.03. The number of aromatic nitrogens is 1. The molecule has 1 atom stereocenters. The maximum atomic E-state index is 11.1. The highest BCUT2D eigenvalue weighted by molar-refractivity contribution is 7.07. The molecule has 1 aromatic heterocycles. The van der Waals surface area contributed by atoms with Crippen molar-refractivity contribution in [3.8, 4) is 0 Å². The summed E-state index contributed by atoms with van der Waals surface area (Å²) in [5, 5.41) is 14.3. The molecule has 0 saturated heterocycles. The minimum Gasteiger partial charge on any atom is -0.479 e. The molecule has 4 nitrogen and oxygen atoms in total. The molecule has 0 aliphatic heterocycles. The summed E-state index contributed by atoms with van der Waals surface area (Å²) in [6, 6.07) is 6.01. The van der Waals surface area contributed by atoms with Crippen LogP contribution in [-0.2, 0) is 4.79 Å². The third kappa shape index (κ3) is 2.95. The molecule has 0 amide bonds. The Kier molecular flexibility index (Phi) is 3.61. The molecule has 0 aliphatic rings. The van der Waals surface area contributed by atoms with Gasteiger partial charge in [0, 0.05) is 16.1 Å². The highest BCUT2D eigenvalue weighted by Crippen LogP contribution is 2.21. The average molecular weight is 269 g/mol. The van der Waals surface area contributed by atoms with Crippen LogP contribution in [-0.4, -0.2) is 16.1 Å². The smallest absolute Gasteiger partial charge is 0.332 e. The predicted molar refractivity (Wildman–Crippen MR) is 67.6 cm³/mol. The number of halogens is 1. The Bertz CT molecular complexity index is 499. The van der Waals surface area contributed by atoms with E-state index in [4.69, 9.17) is 16.7 Å². The molecular formula is C11H9ClN2O2S. The highest BCUT2D eigenvalue weighted by Gasteiger charge is 2.21. The zero-order chi connectivity index (χ0) is 12.3. The van der Waals surface area contributed by atoms with Gasteiger partial charge < -0.3 is 10.4 Å². The zero-order valence-corrected chi connectivity index (χ0v) is 10.2.